The number of amides is 2. The molecule has 0 saturated carbocycles. The van der Waals surface area contributed by atoms with Crippen molar-refractivity contribution in [3.63, 3.8) is 0 Å². The van der Waals surface area contributed by atoms with E-state index in [2.05, 4.69) is 16.4 Å². The first-order chi connectivity index (χ1) is 18.1. The Labute approximate surface area is 219 Å². The second kappa shape index (κ2) is 10.1. The topological polar surface area (TPSA) is 75.5 Å². The summed E-state index contributed by atoms with van der Waals surface area (Å²) >= 11 is 1.74. The van der Waals surface area contributed by atoms with Crippen LogP contribution < -0.4 is 9.47 Å². The van der Waals surface area contributed by atoms with Crippen LogP contribution in [-0.2, 0) is 9.59 Å². The summed E-state index contributed by atoms with van der Waals surface area (Å²) in [7, 11) is 1.59. The molecule has 0 radical (unpaired) electrons. The third-order valence-electron chi connectivity index (χ3n) is 7.23. The summed E-state index contributed by atoms with van der Waals surface area (Å²) in [6.45, 7) is 3.46. The molecule has 0 spiro atoms. The molecule has 2 aromatic carbocycles. The lowest BCUT2D eigenvalue weighted by Gasteiger charge is -2.29. The van der Waals surface area contributed by atoms with Crippen molar-refractivity contribution in [2.24, 2.45) is 0 Å². The maximum atomic E-state index is 13.4. The van der Waals surface area contributed by atoms with Gasteiger partial charge in [-0.2, -0.15) is 0 Å². The quantitative estimate of drug-likeness (QED) is 0.345. The predicted molar refractivity (Wildman–Crippen MR) is 140 cm³/mol. The third kappa shape index (κ3) is 4.93. The van der Waals surface area contributed by atoms with E-state index in [4.69, 9.17) is 13.9 Å². The van der Waals surface area contributed by atoms with E-state index in [1.807, 2.05) is 29.2 Å². The zero-order chi connectivity index (χ0) is 25.4. The molecule has 3 aliphatic heterocycles. The average Bonchev–Trinajstić information content (AvgIpc) is 3.70. The molecule has 0 N–H and O–H groups in total. The molecule has 1 fully saturated rings. The number of ether oxygens (including phenoxy) is 2. The van der Waals surface area contributed by atoms with E-state index in [1.54, 1.807) is 42.4 Å². The van der Waals surface area contributed by atoms with Gasteiger partial charge in [-0.3, -0.25) is 9.59 Å². The van der Waals surface area contributed by atoms with Gasteiger partial charge in [-0.1, -0.05) is 6.07 Å². The number of benzene rings is 2. The van der Waals surface area contributed by atoms with Gasteiger partial charge in [0.25, 0.3) is 5.91 Å². The summed E-state index contributed by atoms with van der Waals surface area (Å²) in [5.74, 6) is 1.13. The first-order valence-corrected chi connectivity index (χ1v) is 13.3. The van der Waals surface area contributed by atoms with Crippen LogP contribution in [0.5, 0.6) is 11.5 Å². The van der Waals surface area contributed by atoms with Gasteiger partial charge in [0.1, 0.15) is 23.1 Å². The number of hydrogen-bond donors (Lipinski definition) is 0. The molecule has 3 aliphatic rings. The molecule has 1 aromatic heterocycles. The maximum Gasteiger partial charge on any atom is 0.261 e. The minimum absolute atomic E-state index is 0.0474. The molecule has 4 heterocycles. The number of carbonyl (C=O) groups is 2. The summed E-state index contributed by atoms with van der Waals surface area (Å²) < 4.78 is 18.7. The summed E-state index contributed by atoms with van der Waals surface area (Å²) in [5, 5.41) is 1.10. The molecule has 9 heteroatoms. The molecule has 1 saturated heterocycles. The molecular weight excluding hydrogens is 490 g/mol. The van der Waals surface area contributed by atoms with Gasteiger partial charge in [0, 0.05) is 49.1 Å². The molecule has 1 unspecified atom stereocenters. The minimum atomic E-state index is -0.409. The van der Waals surface area contributed by atoms with Crippen molar-refractivity contribution in [1.29, 1.82) is 0 Å². The van der Waals surface area contributed by atoms with E-state index in [9.17, 15) is 9.59 Å². The number of rotatable bonds is 7. The highest BCUT2D eigenvalue weighted by molar-refractivity contribution is 7.97. The summed E-state index contributed by atoms with van der Waals surface area (Å²) in [5.41, 5.74) is 3.54. The van der Waals surface area contributed by atoms with Crippen LogP contribution in [0, 0.1) is 0 Å². The van der Waals surface area contributed by atoms with Gasteiger partial charge in [0.05, 0.1) is 13.4 Å². The normalized spacial score (nSPS) is 19.6. The first kappa shape index (κ1) is 23.9. The molecule has 0 aliphatic carbocycles. The lowest BCUT2D eigenvalue weighted by Crippen LogP contribution is -2.49. The molecule has 8 nitrogen and oxygen atoms in total. The van der Waals surface area contributed by atoms with Gasteiger partial charge in [-0.05, 0) is 72.3 Å². The Balaban J connectivity index is 1.02. The van der Waals surface area contributed by atoms with Gasteiger partial charge in [-0.15, -0.1) is 0 Å². The van der Waals surface area contributed by atoms with Crippen molar-refractivity contribution >= 4 is 34.7 Å². The van der Waals surface area contributed by atoms with Gasteiger partial charge >= 0.3 is 0 Å². The molecule has 37 heavy (non-hydrogen) atoms. The Morgan fingerprint density at radius 1 is 1.03 bits per heavy atom. The van der Waals surface area contributed by atoms with E-state index in [0.717, 1.165) is 30.5 Å². The number of carbonyl (C=O) groups excluding carboxylic acids is 2. The number of furan rings is 1. The van der Waals surface area contributed by atoms with Crippen molar-refractivity contribution in [1.82, 2.24) is 14.1 Å². The van der Waals surface area contributed by atoms with Crippen molar-refractivity contribution in [2.75, 3.05) is 46.4 Å². The van der Waals surface area contributed by atoms with Gasteiger partial charge in [0.2, 0.25) is 5.91 Å². The molecule has 3 aromatic rings. The monoisotopic (exact) mass is 519 g/mol. The van der Waals surface area contributed by atoms with E-state index in [0.29, 0.717) is 37.6 Å². The number of hydrogen-bond acceptors (Lipinski definition) is 7. The standard InChI is InChI=1S/C28H29N3O5S/c1-34-22-4-2-5-23(13-22)36-18-27(32)31-10-3-6-25(31)28(33)29-14-20-16-30(17-21(20)15-29)37-24-7-8-26-19(12-24)9-11-35-26/h2,4-5,7-9,11-13,25H,3,6,10,14-18H2,1H3. The number of methoxy groups -OCH3 is 1. The molecule has 6 rings (SSSR count). The lowest BCUT2D eigenvalue weighted by atomic mass is 10.2. The van der Waals surface area contributed by atoms with E-state index >= 15 is 0 Å². The van der Waals surface area contributed by atoms with Gasteiger partial charge < -0.3 is 23.7 Å². The fraction of sp³-hybridized carbons (Fsp3) is 0.357. The lowest BCUT2D eigenvalue weighted by molar-refractivity contribution is -0.144. The molecular formula is C28H29N3O5S. The van der Waals surface area contributed by atoms with Crippen LogP contribution in [0.3, 0.4) is 0 Å². The zero-order valence-corrected chi connectivity index (χ0v) is 21.5. The second-order valence-electron chi connectivity index (χ2n) is 9.62. The minimum Gasteiger partial charge on any atom is -0.497 e. The highest BCUT2D eigenvalue weighted by Crippen LogP contribution is 2.35. The Morgan fingerprint density at radius 3 is 2.65 bits per heavy atom. The number of fused-ring (bicyclic) bond motifs is 1. The van der Waals surface area contributed by atoms with E-state index in [-0.39, 0.29) is 18.4 Å². The molecule has 2 amide bonds. The fourth-order valence-corrected chi connectivity index (χ4v) is 6.42. The van der Waals surface area contributed by atoms with Crippen LogP contribution in [0.15, 0.2) is 75.3 Å². The third-order valence-corrected chi connectivity index (χ3v) is 8.21. The van der Waals surface area contributed by atoms with Gasteiger partial charge in [-0.25, -0.2) is 4.31 Å². The largest absolute Gasteiger partial charge is 0.497 e. The van der Waals surface area contributed by atoms with Crippen LogP contribution in [0.2, 0.25) is 0 Å². The summed E-state index contributed by atoms with van der Waals surface area (Å²) in [6.07, 6.45) is 3.24. The second-order valence-corrected chi connectivity index (χ2v) is 10.8. The SMILES string of the molecule is COc1cccc(OCC(=O)N2CCCC2C(=O)N2CC3=C(CN(Sc4ccc5occc5c4)C3)C2)c1. The van der Waals surface area contributed by atoms with Crippen molar-refractivity contribution in [3.05, 3.63) is 65.9 Å². The van der Waals surface area contributed by atoms with Crippen LogP contribution in [0.25, 0.3) is 11.0 Å². The Kier molecular flexibility index (Phi) is 6.56. The average molecular weight is 520 g/mol. The van der Waals surface area contributed by atoms with Gasteiger partial charge in [0.15, 0.2) is 6.61 Å². The van der Waals surface area contributed by atoms with Crippen molar-refractivity contribution in [3.8, 4) is 11.5 Å². The smallest absolute Gasteiger partial charge is 0.261 e. The molecule has 0 bridgehead atoms. The highest BCUT2D eigenvalue weighted by Gasteiger charge is 2.40. The Morgan fingerprint density at radius 2 is 1.84 bits per heavy atom. The molecule has 1 atom stereocenters. The number of nitrogens with zero attached hydrogens (tertiary/aromatic N) is 3. The van der Waals surface area contributed by atoms with Crippen LogP contribution in [0.4, 0.5) is 0 Å². The zero-order valence-electron chi connectivity index (χ0n) is 20.7. The molecule has 192 valence electrons. The van der Waals surface area contributed by atoms with Crippen molar-refractivity contribution < 1.29 is 23.5 Å². The van der Waals surface area contributed by atoms with Crippen LogP contribution in [-0.4, -0.2) is 78.4 Å². The van der Waals surface area contributed by atoms with Crippen molar-refractivity contribution in [2.45, 2.75) is 23.8 Å². The maximum absolute atomic E-state index is 13.4. The summed E-state index contributed by atoms with van der Waals surface area (Å²) in [6, 6.07) is 15.0. The predicted octanol–water partition coefficient (Wildman–Crippen LogP) is 3.97. The first-order valence-electron chi connectivity index (χ1n) is 12.5. The Hall–Kier alpha value is -3.43. The Bertz CT molecular complexity index is 1350. The van der Waals surface area contributed by atoms with Crippen LogP contribution >= 0.6 is 11.9 Å². The van der Waals surface area contributed by atoms with E-state index in [1.165, 1.54) is 16.0 Å². The highest BCUT2D eigenvalue weighted by atomic mass is 32.2. The number of likely N-dealkylation sites (tertiary alicyclic amines) is 1. The fourth-order valence-electron chi connectivity index (χ4n) is 5.37. The summed E-state index contributed by atoms with van der Waals surface area (Å²) in [4.78, 5) is 31.2. The van der Waals surface area contributed by atoms with Crippen LogP contribution in [0.1, 0.15) is 12.8 Å². The van der Waals surface area contributed by atoms with E-state index < -0.39 is 6.04 Å².